The number of carbonyl (C=O) groups excluding carboxylic acids is 1. The van der Waals surface area contributed by atoms with Crippen molar-refractivity contribution in [3.05, 3.63) is 0 Å². The summed E-state index contributed by atoms with van der Waals surface area (Å²) >= 11 is 0. The van der Waals surface area contributed by atoms with E-state index in [4.69, 9.17) is 0 Å². The van der Waals surface area contributed by atoms with Crippen molar-refractivity contribution >= 4 is 15.7 Å². The number of carbonyl (C=O) groups is 1. The number of sulfone groups is 1. The summed E-state index contributed by atoms with van der Waals surface area (Å²) in [5.74, 6) is 0.376. The molecule has 1 amide bonds. The maximum Gasteiger partial charge on any atom is 0.242 e. The molecule has 0 aromatic carbocycles. The molecule has 2 aliphatic heterocycles. The molecule has 1 atom stereocenters. The van der Waals surface area contributed by atoms with Gasteiger partial charge in [-0.1, -0.05) is 0 Å². The van der Waals surface area contributed by atoms with Crippen LogP contribution in [-0.4, -0.2) is 55.4 Å². The van der Waals surface area contributed by atoms with Gasteiger partial charge in [-0.15, -0.1) is 0 Å². The van der Waals surface area contributed by atoms with Crippen molar-refractivity contribution in [2.75, 3.05) is 24.6 Å². The highest BCUT2D eigenvalue weighted by Gasteiger charge is 2.40. The molecule has 5 nitrogen and oxygen atoms in total. The van der Waals surface area contributed by atoms with Crippen LogP contribution in [0.25, 0.3) is 0 Å². The van der Waals surface area contributed by atoms with Crippen molar-refractivity contribution in [2.45, 2.75) is 38.3 Å². The van der Waals surface area contributed by atoms with Crippen LogP contribution in [0.5, 0.6) is 0 Å². The normalized spacial score (nSPS) is 32.5. The van der Waals surface area contributed by atoms with Gasteiger partial charge < -0.3 is 10.2 Å². The minimum atomic E-state index is -2.93. The van der Waals surface area contributed by atoms with Crippen LogP contribution >= 0.6 is 0 Å². The first kappa shape index (κ1) is 12.8. The highest BCUT2D eigenvalue weighted by molar-refractivity contribution is 7.91. The summed E-state index contributed by atoms with van der Waals surface area (Å²) in [6.07, 6.45) is 1.47. The van der Waals surface area contributed by atoms with Crippen LogP contribution in [0.1, 0.15) is 26.7 Å². The Bertz CT molecular complexity index is 416. The third-order valence-corrected chi connectivity index (χ3v) is 5.34. The van der Waals surface area contributed by atoms with Gasteiger partial charge in [0.05, 0.1) is 17.0 Å². The molecule has 6 heteroatoms. The highest BCUT2D eigenvalue weighted by Crippen LogP contribution is 2.22. The average Bonchev–Trinajstić information content (AvgIpc) is 2.51. The fourth-order valence-electron chi connectivity index (χ4n) is 2.56. The van der Waals surface area contributed by atoms with Crippen LogP contribution in [-0.2, 0) is 14.6 Å². The van der Waals surface area contributed by atoms with Gasteiger partial charge in [-0.2, -0.15) is 0 Å². The predicted octanol–water partition coefficient (Wildman–Crippen LogP) is -0.226. The average molecular weight is 260 g/mol. The molecule has 1 unspecified atom stereocenters. The minimum absolute atomic E-state index is 0.0251. The number of nitrogens with one attached hydrogen (secondary N) is 1. The van der Waals surface area contributed by atoms with Crippen molar-refractivity contribution in [3.63, 3.8) is 0 Å². The third-order valence-electron chi connectivity index (χ3n) is 3.59. The van der Waals surface area contributed by atoms with E-state index >= 15 is 0 Å². The van der Waals surface area contributed by atoms with Crippen LogP contribution in [0.3, 0.4) is 0 Å². The van der Waals surface area contributed by atoms with Gasteiger partial charge in [-0.25, -0.2) is 8.42 Å². The summed E-state index contributed by atoms with van der Waals surface area (Å²) in [6.45, 7) is 5.18. The molecule has 0 spiro atoms. The molecule has 0 aliphatic carbocycles. The number of rotatable bonds is 1. The van der Waals surface area contributed by atoms with E-state index in [1.807, 2.05) is 13.8 Å². The lowest BCUT2D eigenvalue weighted by atomic mass is 10.0. The van der Waals surface area contributed by atoms with Crippen LogP contribution in [0, 0.1) is 0 Å². The number of nitrogens with zero attached hydrogens (tertiary/aromatic N) is 1. The van der Waals surface area contributed by atoms with E-state index in [9.17, 15) is 13.2 Å². The van der Waals surface area contributed by atoms with Crippen LogP contribution < -0.4 is 5.32 Å². The van der Waals surface area contributed by atoms with Crippen molar-refractivity contribution in [1.82, 2.24) is 10.2 Å². The highest BCUT2D eigenvalue weighted by atomic mass is 32.2. The topological polar surface area (TPSA) is 66.5 Å². The summed E-state index contributed by atoms with van der Waals surface area (Å²) < 4.78 is 23.0. The SMILES string of the molecule is CC1(C)NCCCN(C2CCS(=O)(=O)C2)C1=O. The van der Waals surface area contributed by atoms with Gasteiger partial charge >= 0.3 is 0 Å². The summed E-state index contributed by atoms with van der Waals surface area (Å²) in [4.78, 5) is 14.1. The van der Waals surface area contributed by atoms with Gasteiger partial charge in [0.2, 0.25) is 5.91 Å². The fraction of sp³-hybridized carbons (Fsp3) is 0.909. The number of hydrogen-bond donors (Lipinski definition) is 1. The Morgan fingerprint density at radius 2 is 2.12 bits per heavy atom. The lowest BCUT2D eigenvalue weighted by molar-refractivity contribution is -0.137. The van der Waals surface area contributed by atoms with E-state index < -0.39 is 15.4 Å². The van der Waals surface area contributed by atoms with Gasteiger partial charge in [-0.3, -0.25) is 4.79 Å². The summed E-state index contributed by atoms with van der Waals surface area (Å²) in [7, 11) is -2.93. The molecule has 2 saturated heterocycles. The Kier molecular flexibility index (Phi) is 3.20. The smallest absolute Gasteiger partial charge is 0.242 e. The molecule has 17 heavy (non-hydrogen) atoms. The maximum absolute atomic E-state index is 12.3. The first-order valence-electron chi connectivity index (χ1n) is 6.08. The molecule has 2 aliphatic rings. The first-order valence-corrected chi connectivity index (χ1v) is 7.90. The third kappa shape index (κ3) is 2.63. The molecule has 0 bridgehead atoms. The van der Waals surface area contributed by atoms with Crippen LogP contribution in [0.15, 0.2) is 0 Å². The van der Waals surface area contributed by atoms with Crippen molar-refractivity contribution in [3.8, 4) is 0 Å². The van der Waals surface area contributed by atoms with Gasteiger partial charge in [-0.05, 0) is 33.2 Å². The Labute approximate surface area is 102 Å². The number of hydrogen-bond acceptors (Lipinski definition) is 4. The second kappa shape index (κ2) is 4.24. The standard InChI is InChI=1S/C11H20N2O3S/c1-11(2)10(14)13(6-3-5-12-11)9-4-7-17(15,16)8-9/h9,12H,3-8H2,1-2H3. The Hall–Kier alpha value is -0.620. The van der Waals surface area contributed by atoms with Gasteiger partial charge in [0, 0.05) is 12.6 Å². The van der Waals surface area contributed by atoms with Crippen LogP contribution in [0.2, 0.25) is 0 Å². The molecule has 0 saturated carbocycles. The molecule has 2 rings (SSSR count). The molecule has 0 radical (unpaired) electrons. The van der Waals surface area contributed by atoms with Gasteiger partial charge in [0.1, 0.15) is 0 Å². The first-order chi connectivity index (χ1) is 7.82. The quantitative estimate of drug-likeness (QED) is 0.707. The molecule has 2 heterocycles. The maximum atomic E-state index is 12.3. The Morgan fingerprint density at radius 1 is 1.41 bits per heavy atom. The minimum Gasteiger partial charge on any atom is -0.337 e. The zero-order valence-electron chi connectivity index (χ0n) is 10.4. The molecule has 1 N–H and O–H groups in total. The summed E-state index contributed by atoms with van der Waals surface area (Å²) in [5.41, 5.74) is -0.581. The summed E-state index contributed by atoms with van der Waals surface area (Å²) in [6, 6.07) is -0.119. The fourth-order valence-corrected chi connectivity index (χ4v) is 4.29. The van der Waals surface area contributed by atoms with E-state index in [2.05, 4.69) is 5.32 Å². The van der Waals surface area contributed by atoms with Gasteiger partial charge in [0.15, 0.2) is 9.84 Å². The Morgan fingerprint density at radius 3 is 2.71 bits per heavy atom. The molecular weight excluding hydrogens is 240 g/mol. The monoisotopic (exact) mass is 260 g/mol. The van der Waals surface area contributed by atoms with E-state index in [0.29, 0.717) is 13.0 Å². The molecular formula is C11H20N2O3S. The molecule has 0 aromatic heterocycles. The lowest BCUT2D eigenvalue weighted by Gasteiger charge is -2.32. The zero-order valence-corrected chi connectivity index (χ0v) is 11.2. The van der Waals surface area contributed by atoms with E-state index in [0.717, 1.165) is 13.0 Å². The van der Waals surface area contributed by atoms with Crippen LogP contribution in [0.4, 0.5) is 0 Å². The number of amides is 1. The molecule has 2 fully saturated rings. The van der Waals surface area contributed by atoms with Crippen molar-refractivity contribution < 1.29 is 13.2 Å². The van der Waals surface area contributed by atoms with Crippen molar-refractivity contribution in [2.24, 2.45) is 0 Å². The van der Waals surface area contributed by atoms with Gasteiger partial charge in [0.25, 0.3) is 0 Å². The zero-order chi connectivity index (χ0) is 12.7. The van der Waals surface area contributed by atoms with Crippen molar-refractivity contribution in [1.29, 1.82) is 0 Å². The molecule has 98 valence electrons. The summed E-state index contributed by atoms with van der Waals surface area (Å²) in [5, 5.41) is 3.20. The Balaban J connectivity index is 2.17. The largest absolute Gasteiger partial charge is 0.337 e. The second-order valence-corrected chi connectivity index (χ2v) is 7.69. The second-order valence-electron chi connectivity index (χ2n) is 5.46. The lowest BCUT2D eigenvalue weighted by Crippen LogP contribution is -2.54. The predicted molar refractivity (Wildman–Crippen MR) is 65.5 cm³/mol. The molecule has 0 aromatic rings. The van der Waals surface area contributed by atoms with E-state index in [1.165, 1.54) is 0 Å². The van der Waals surface area contributed by atoms with E-state index in [-0.39, 0.29) is 23.5 Å². The van der Waals surface area contributed by atoms with E-state index in [1.54, 1.807) is 4.90 Å².